The lowest BCUT2D eigenvalue weighted by Crippen LogP contribution is -2.04. The Labute approximate surface area is 166 Å². The molecule has 0 aromatic carbocycles. The minimum atomic E-state index is -0.100. The average Bonchev–Trinajstić information content (AvgIpc) is 2.70. The number of carbonyl (C=O) groups is 1. The van der Waals surface area contributed by atoms with Crippen molar-refractivity contribution in [3.63, 3.8) is 0 Å². The van der Waals surface area contributed by atoms with Crippen molar-refractivity contribution >= 4 is 5.97 Å². The van der Waals surface area contributed by atoms with E-state index in [0.29, 0.717) is 13.0 Å². The lowest BCUT2D eigenvalue weighted by atomic mass is 10.1. The summed E-state index contributed by atoms with van der Waals surface area (Å²) in [5, 5.41) is 0. The Balaban J connectivity index is 1.82. The van der Waals surface area contributed by atoms with Gasteiger partial charge in [0.05, 0.1) is 0 Å². The second-order valence-corrected chi connectivity index (χ2v) is 7.36. The molecule has 0 aliphatic rings. The zero-order valence-electron chi connectivity index (χ0n) is 17.3. The molecule has 0 bridgehead atoms. The van der Waals surface area contributed by atoms with Crippen molar-refractivity contribution in [2.45, 2.75) is 103 Å². The maximum atomic E-state index is 11.7. The van der Waals surface area contributed by atoms with Gasteiger partial charge in [0.1, 0.15) is 6.61 Å². The summed E-state index contributed by atoms with van der Waals surface area (Å²) in [5.41, 5.74) is 0.940. The molecule has 0 aliphatic heterocycles. The van der Waals surface area contributed by atoms with Gasteiger partial charge in [-0.3, -0.25) is 9.78 Å². The first-order valence-electron chi connectivity index (χ1n) is 11.0. The fourth-order valence-corrected chi connectivity index (χ4v) is 3.06. The van der Waals surface area contributed by atoms with Gasteiger partial charge in [0, 0.05) is 24.4 Å². The van der Waals surface area contributed by atoms with E-state index in [1.165, 1.54) is 70.6 Å². The Morgan fingerprint density at radius 3 is 2.19 bits per heavy atom. The zero-order valence-corrected chi connectivity index (χ0v) is 17.3. The van der Waals surface area contributed by atoms with Gasteiger partial charge in [-0.2, -0.15) is 0 Å². The summed E-state index contributed by atoms with van der Waals surface area (Å²) in [6.45, 7) is 2.60. The number of nitrogens with zero attached hydrogens (tertiary/aromatic N) is 1. The van der Waals surface area contributed by atoms with Crippen LogP contribution in [0.1, 0.15) is 102 Å². The highest BCUT2D eigenvalue weighted by atomic mass is 16.5. The first-order valence-corrected chi connectivity index (χ1v) is 11.0. The van der Waals surface area contributed by atoms with Crippen molar-refractivity contribution in [1.82, 2.24) is 4.98 Å². The van der Waals surface area contributed by atoms with Gasteiger partial charge < -0.3 is 4.74 Å². The number of allylic oxidation sites excluding steroid dienone is 2. The normalized spacial score (nSPS) is 11.1. The molecule has 1 rings (SSSR count). The molecule has 152 valence electrons. The molecule has 0 aliphatic carbocycles. The number of hydrogen-bond donors (Lipinski definition) is 0. The van der Waals surface area contributed by atoms with Gasteiger partial charge in [-0.25, -0.2) is 0 Å². The Morgan fingerprint density at radius 1 is 0.926 bits per heavy atom. The van der Waals surface area contributed by atoms with E-state index < -0.39 is 0 Å². The highest BCUT2D eigenvalue weighted by Crippen LogP contribution is 2.10. The standard InChI is InChI=1S/C24H39NO2/c1-2-3-4-5-6-7-8-9-10-11-12-13-14-15-16-19-24(26)27-22-23-18-17-20-25-21-23/h9-10,17-18,20-21H,2-8,11-16,19,22H2,1H3/b10-9+. The lowest BCUT2D eigenvalue weighted by Gasteiger charge is -2.04. The van der Waals surface area contributed by atoms with E-state index in [9.17, 15) is 4.79 Å². The summed E-state index contributed by atoms with van der Waals surface area (Å²) >= 11 is 0. The minimum absolute atomic E-state index is 0.100. The SMILES string of the molecule is CCCCCCCC/C=C/CCCCCCCC(=O)OCc1cccnc1. The Morgan fingerprint density at radius 2 is 1.56 bits per heavy atom. The third kappa shape index (κ3) is 15.1. The van der Waals surface area contributed by atoms with Crippen LogP contribution >= 0.6 is 0 Å². The van der Waals surface area contributed by atoms with Crippen molar-refractivity contribution < 1.29 is 9.53 Å². The molecular weight excluding hydrogens is 334 g/mol. The molecule has 0 unspecified atom stereocenters. The van der Waals surface area contributed by atoms with Crippen molar-refractivity contribution in [2.24, 2.45) is 0 Å². The Kier molecular flexibility index (Phi) is 15.4. The summed E-state index contributed by atoms with van der Waals surface area (Å²) in [5.74, 6) is -0.100. The van der Waals surface area contributed by atoms with Gasteiger partial charge in [-0.1, -0.05) is 76.5 Å². The van der Waals surface area contributed by atoms with Gasteiger partial charge in [0.2, 0.25) is 0 Å². The summed E-state index contributed by atoms with van der Waals surface area (Å²) < 4.78 is 5.26. The lowest BCUT2D eigenvalue weighted by molar-refractivity contribution is -0.145. The molecule has 0 fully saturated rings. The summed E-state index contributed by atoms with van der Waals surface area (Å²) in [6.07, 6.45) is 25.2. The van der Waals surface area contributed by atoms with Gasteiger partial charge in [-0.15, -0.1) is 0 Å². The number of hydrogen-bond acceptors (Lipinski definition) is 3. The number of aromatic nitrogens is 1. The van der Waals surface area contributed by atoms with Crippen molar-refractivity contribution in [2.75, 3.05) is 0 Å². The van der Waals surface area contributed by atoms with Crippen molar-refractivity contribution in [3.8, 4) is 0 Å². The number of ether oxygens (including phenoxy) is 1. The monoisotopic (exact) mass is 373 g/mol. The molecule has 0 saturated heterocycles. The summed E-state index contributed by atoms with van der Waals surface area (Å²) in [4.78, 5) is 15.7. The van der Waals surface area contributed by atoms with Gasteiger partial charge in [-0.05, 0) is 38.2 Å². The predicted molar refractivity (Wildman–Crippen MR) is 113 cm³/mol. The van der Waals surface area contributed by atoms with Crippen LogP contribution in [0.15, 0.2) is 36.7 Å². The quantitative estimate of drug-likeness (QED) is 0.165. The molecule has 1 aromatic heterocycles. The van der Waals surface area contributed by atoms with Gasteiger partial charge >= 0.3 is 5.97 Å². The van der Waals surface area contributed by atoms with Crippen LogP contribution in [0.25, 0.3) is 0 Å². The van der Waals surface area contributed by atoms with Crippen molar-refractivity contribution in [1.29, 1.82) is 0 Å². The number of rotatable bonds is 17. The van der Waals surface area contributed by atoms with E-state index in [0.717, 1.165) is 18.4 Å². The van der Waals surface area contributed by atoms with E-state index in [-0.39, 0.29) is 5.97 Å². The molecule has 1 heterocycles. The Hall–Kier alpha value is -1.64. The second-order valence-electron chi connectivity index (χ2n) is 7.36. The van der Waals surface area contributed by atoms with E-state index in [2.05, 4.69) is 24.1 Å². The molecule has 0 atom stereocenters. The highest BCUT2D eigenvalue weighted by molar-refractivity contribution is 5.69. The molecule has 0 saturated carbocycles. The number of unbranched alkanes of at least 4 members (excludes halogenated alkanes) is 11. The summed E-state index contributed by atoms with van der Waals surface area (Å²) in [7, 11) is 0. The van der Waals surface area contributed by atoms with E-state index >= 15 is 0 Å². The number of esters is 1. The molecule has 1 aromatic rings. The van der Waals surface area contributed by atoms with Crippen LogP contribution in [0, 0.1) is 0 Å². The van der Waals surface area contributed by atoms with Crippen LogP contribution in [0.5, 0.6) is 0 Å². The Bertz CT molecular complexity index is 484. The van der Waals surface area contributed by atoms with Crippen LogP contribution in [0.4, 0.5) is 0 Å². The molecular formula is C24H39NO2. The summed E-state index contributed by atoms with van der Waals surface area (Å²) in [6, 6.07) is 3.77. The molecule has 0 spiro atoms. The molecule has 0 radical (unpaired) electrons. The van der Waals surface area contributed by atoms with E-state index in [1.54, 1.807) is 12.4 Å². The van der Waals surface area contributed by atoms with Gasteiger partial charge in [0.25, 0.3) is 0 Å². The van der Waals surface area contributed by atoms with Gasteiger partial charge in [0.15, 0.2) is 0 Å². The predicted octanol–water partition coefficient (Wildman–Crippen LogP) is 7.16. The van der Waals surface area contributed by atoms with Crippen molar-refractivity contribution in [3.05, 3.63) is 42.2 Å². The van der Waals surface area contributed by atoms with Crippen LogP contribution in [0.2, 0.25) is 0 Å². The number of carbonyl (C=O) groups excluding carboxylic acids is 1. The molecule has 3 heteroatoms. The van der Waals surface area contributed by atoms with Crippen LogP contribution in [-0.4, -0.2) is 11.0 Å². The highest BCUT2D eigenvalue weighted by Gasteiger charge is 2.03. The molecule has 0 N–H and O–H groups in total. The van der Waals surface area contributed by atoms with Crippen LogP contribution in [-0.2, 0) is 16.1 Å². The fraction of sp³-hybridized carbons (Fsp3) is 0.667. The fourth-order valence-electron chi connectivity index (χ4n) is 3.06. The molecule has 3 nitrogen and oxygen atoms in total. The topological polar surface area (TPSA) is 39.2 Å². The average molecular weight is 374 g/mol. The van der Waals surface area contributed by atoms with Crippen LogP contribution in [0.3, 0.4) is 0 Å². The smallest absolute Gasteiger partial charge is 0.306 e. The maximum absolute atomic E-state index is 11.7. The first kappa shape index (κ1) is 23.4. The van der Waals surface area contributed by atoms with Crippen LogP contribution < -0.4 is 0 Å². The van der Waals surface area contributed by atoms with E-state index in [4.69, 9.17) is 4.74 Å². The third-order valence-corrected chi connectivity index (χ3v) is 4.77. The molecule has 0 amide bonds. The third-order valence-electron chi connectivity index (χ3n) is 4.77. The second kappa shape index (κ2) is 17.8. The maximum Gasteiger partial charge on any atom is 0.306 e. The zero-order chi connectivity index (χ0) is 19.4. The molecule has 27 heavy (non-hydrogen) atoms. The largest absolute Gasteiger partial charge is 0.461 e. The first-order chi connectivity index (χ1) is 13.3. The number of pyridine rings is 1. The van der Waals surface area contributed by atoms with E-state index in [1.807, 2.05) is 12.1 Å². The minimum Gasteiger partial charge on any atom is -0.461 e.